The molecule has 1 N–H and O–H groups in total. The van der Waals surface area contributed by atoms with Gasteiger partial charge in [0, 0.05) is 24.1 Å². The van der Waals surface area contributed by atoms with Crippen molar-refractivity contribution in [2.75, 3.05) is 13.7 Å². The Labute approximate surface area is 175 Å². The van der Waals surface area contributed by atoms with Crippen LogP contribution in [0.15, 0.2) is 42.5 Å². The van der Waals surface area contributed by atoms with Gasteiger partial charge in [0.15, 0.2) is 6.61 Å². The number of benzene rings is 2. The van der Waals surface area contributed by atoms with Crippen molar-refractivity contribution in [1.82, 2.24) is 5.32 Å². The summed E-state index contributed by atoms with van der Waals surface area (Å²) in [4.78, 5) is 23.1. The monoisotopic (exact) mass is 414 g/mol. The number of nitrogens with one attached hydrogen (secondary N) is 1. The van der Waals surface area contributed by atoms with E-state index in [4.69, 9.17) is 14.2 Å². The van der Waals surface area contributed by atoms with Gasteiger partial charge in [-0.3, -0.25) is 14.9 Å². The number of carbonyl (C=O) groups excluding carboxylic acids is 1. The van der Waals surface area contributed by atoms with Gasteiger partial charge in [0.25, 0.3) is 5.91 Å². The summed E-state index contributed by atoms with van der Waals surface area (Å²) in [6.45, 7) is 3.95. The van der Waals surface area contributed by atoms with E-state index in [0.717, 1.165) is 24.2 Å². The maximum absolute atomic E-state index is 12.6. The molecule has 1 amide bonds. The van der Waals surface area contributed by atoms with Crippen LogP contribution in [0.1, 0.15) is 44.7 Å². The summed E-state index contributed by atoms with van der Waals surface area (Å²) >= 11 is 0. The van der Waals surface area contributed by atoms with E-state index in [2.05, 4.69) is 19.2 Å². The molecular weight excluding hydrogens is 388 g/mol. The fourth-order valence-corrected chi connectivity index (χ4v) is 3.71. The topological polar surface area (TPSA) is 99.9 Å². The Bertz CT molecular complexity index is 926. The van der Waals surface area contributed by atoms with Gasteiger partial charge < -0.3 is 19.5 Å². The van der Waals surface area contributed by atoms with Crippen LogP contribution in [0.4, 0.5) is 5.69 Å². The maximum Gasteiger partial charge on any atom is 0.311 e. The zero-order valence-corrected chi connectivity index (χ0v) is 17.3. The van der Waals surface area contributed by atoms with Crippen molar-refractivity contribution >= 4 is 11.6 Å². The number of rotatable bonds is 8. The highest BCUT2D eigenvalue weighted by Gasteiger charge is 2.38. The third-order valence-corrected chi connectivity index (χ3v) is 5.54. The van der Waals surface area contributed by atoms with Crippen molar-refractivity contribution in [3.05, 3.63) is 58.1 Å². The molecule has 0 aromatic heterocycles. The van der Waals surface area contributed by atoms with Crippen molar-refractivity contribution < 1.29 is 23.9 Å². The first-order valence-corrected chi connectivity index (χ1v) is 9.94. The highest BCUT2D eigenvalue weighted by atomic mass is 16.6. The Morgan fingerprint density at radius 3 is 2.67 bits per heavy atom. The van der Waals surface area contributed by atoms with Gasteiger partial charge in [-0.15, -0.1) is 0 Å². The molecule has 30 heavy (non-hydrogen) atoms. The Morgan fingerprint density at radius 1 is 1.27 bits per heavy atom. The minimum Gasteiger partial charge on any atom is -0.490 e. The molecule has 8 nitrogen and oxygen atoms in total. The lowest BCUT2D eigenvalue weighted by Gasteiger charge is -2.41. The van der Waals surface area contributed by atoms with Crippen LogP contribution in [0.25, 0.3) is 0 Å². The zero-order chi connectivity index (χ0) is 21.7. The second kappa shape index (κ2) is 9.02. The normalized spacial score (nSPS) is 16.7. The van der Waals surface area contributed by atoms with Gasteiger partial charge in [0.1, 0.15) is 17.1 Å². The van der Waals surface area contributed by atoms with Crippen LogP contribution < -0.4 is 19.5 Å². The molecule has 0 radical (unpaired) electrons. The van der Waals surface area contributed by atoms with E-state index >= 15 is 0 Å². The number of fused-ring (bicyclic) bond motifs is 1. The molecule has 160 valence electrons. The quantitative estimate of drug-likeness (QED) is 0.514. The smallest absolute Gasteiger partial charge is 0.311 e. The SMILES string of the molecule is CCC1(CC)CC(NC(=O)COc2ccc([N+](=O)[O-])c(OC)c2)c2ccccc2O1. The van der Waals surface area contributed by atoms with Crippen LogP contribution >= 0.6 is 0 Å². The minimum atomic E-state index is -0.536. The van der Waals surface area contributed by atoms with Gasteiger partial charge in [-0.2, -0.15) is 0 Å². The predicted molar refractivity (Wildman–Crippen MR) is 111 cm³/mol. The third-order valence-electron chi connectivity index (χ3n) is 5.54. The number of carbonyl (C=O) groups is 1. The number of nitro groups is 1. The van der Waals surface area contributed by atoms with E-state index in [9.17, 15) is 14.9 Å². The second-order valence-electron chi connectivity index (χ2n) is 7.23. The van der Waals surface area contributed by atoms with Crippen molar-refractivity contribution in [2.45, 2.75) is 44.8 Å². The van der Waals surface area contributed by atoms with Gasteiger partial charge in [-0.1, -0.05) is 32.0 Å². The first-order chi connectivity index (χ1) is 14.4. The summed E-state index contributed by atoms with van der Waals surface area (Å²) in [6, 6.07) is 11.7. The molecular formula is C22H26N2O6. The molecule has 0 spiro atoms. The predicted octanol–water partition coefficient (Wildman–Crippen LogP) is 4.18. The summed E-state index contributed by atoms with van der Waals surface area (Å²) in [5.74, 6) is 0.900. The third kappa shape index (κ3) is 4.48. The molecule has 8 heteroatoms. The highest BCUT2D eigenvalue weighted by Crippen LogP contribution is 2.42. The molecule has 1 heterocycles. The molecule has 3 rings (SSSR count). The average molecular weight is 414 g/mol. The van der Waals surface area contributed by atoms with Crippen LogP contribution in [-0.4, -0.2) is 30.1 Å². The van der Waals surface area contributed by atoms with Crippen molar-refractivity contribution in [3.63, 3.8) is 0 Å². The number of ether oxygens (including phenoxy) is 3. The first kappa shape index (κ1) is 21.4. The summed E-state index contributed by atoms with van der Waals surface area (Å²) in [5.41, 5.74) is 0.461. The van der Waals surface area contributed by atoms with Crippen molar-refractivity contribution in [3.8, 4) is 17.2 Å². The number of hydrogen-bond acceptors (Lipinski definition) is 6. The molecule has 2 aromatic rings. The standard InChI is InChI=1S/C22H26N2O6/c1-4-22(5-2)13-17(16-8-6-7-9-19(16)30-22)23-21(25)14-29-15-10-11-18(24(26)27)20(12-15)28-3/h6-12,17H,4-5,13-14H2,1-3H3,(H,23,25). The van der Waals surface area contributed by atoms with Crippen LogP contribution in [0.2, 0.25) is 0 Å². The number of hydrogen-bond donors (Lipinski definition) is 1. The molecule has 0 fully saturated rings. The lowest BCUT2D eigenvalue weighted by Crippen LogP contribution is -2.45. The fourth-order valence-electron chi connectivity index (χ4n) is 3.71. The van der Waals surface area contributed by atoms with Crippen molar-refractivity contribution in [1.29, 1.82) is 0 Å². The number of nitrogens with zero attached hydrogens (tertiary/aromatic N) is 1. The molecule has 0 aliphatic carbocycles. The lowest BCUT2D eigenvalue weighted by molar-refractivity contribution is -0.385. The Morgan fingerprint density at radius 2 is 2.00 bits per heavy atom. The Balaban J connectivity index is 1.69. The van der Waals surface area contributed by atoms with Crippen LogP contribution in [0.5, 0.6) is 17.2 Å². The van der Waals surface area contributed by atoms with E-state index in [-0.39, 0.29) is 35.6 Å². The zero-order valence-electron chi connectivity index (χ0n) is 17.3. The van der Waals surface area contributed by atoms with Gasteiger partial charge >= 0.3 is 5.69 Å². The van der Waals surface area contributed by atoms with Gasteiger partial charge in [-0.05, 0) is 25.0 Å². The molecule has 0 saturated heterocycles. The molecule has 0 saturated carbocycles. The number of amides is 1. The molecule has 1 atom stereocenters. The van der Waals surface area contributed by atoms with E-state index < -0.39 is 4.92 Å². The fraction of sp³-hybridized carbons (Fsp3) is 0.409. The molecule has 0 bridgehead atoms. The lowest BCUT2D eigenvalue weighted by atomic mass is 9.83. The number of methoxy groups -OCH3 is 1. The van der Waals surface area contributed by atoms with Gasteiger partial charge in [0.2, 0.25) is 5.75 Å². The van der Waals surface area contributed by atoms with Gasteiger partial charge in [-0.25, -0.2) is 0 Å². The largest absolute Gasteiger partial charge is 0.490 e. The Kier molecular flexibility index (Phi) is 6.44. The number of para-hydroxylation sites is 1. The van der Waals surface area contributed by atoms with Crippen LogP contribution in [-0.2, 0) is 4.79 Å². The summed E-state index contributed by atoms with van der Waals surface area (Å²) in [6.07, 6.45) is 2.35. The summed E-state index contributed by atoms with van der Waals surface area (Å²) < 4.78 is 16.8. The molecule has 1 aliphatic heterocycles. The van der Waals surface area contributed by atoms with E-state index in [0.29, 0.717) is 12.2 Å². The van der Waals surface area contributed by atoms with Crippen molar-refractivity contribution in [2.24, 2.45) is 0 Å². The van der Waals surface area contributed by atoms with Gasteiger partial charge in [0.05, 0.1) is 18.1 Å². The van der Waals surface area contributed by atoms with Crippen LogP contribution in [0.3, 0.4) is 0 Å². The average Bonchev–Trinajstić information content (AvgIpc) is 2.77. The van der Waals surface area contributed by atoms with E-state index in [1.807, 2.05) is 24.3 Å². The second-order valence-corrected chi connectivity index (χ2v) is 7.23. The molecule has 1 aliphatic rings. The maximum atomic E-state index is 12.6. The van der Waals surface area contributed by atoms with Crippen LogP contribution in [0, 0.1) is 10.1 Å². The van der Waals surface area contributed by atoms with E-state index in [1.54, 1.807) is 0 Å². The minimum absolute atomic E-state index is 0.0759. The molecule has 2 aromatic carbocycles. The first-order valence-electron chi connectivity index (χ1n) is 9.94. The van der Waals surface area contributed by atoms with E-state index in [1.165, 1.54) is 25.3 Å². The molecule has 1 unspecified atom stereocenters. The number of nitro benzene ring substituents is 1. The summed E-state index contributed by atoms with van der Waals surface area (Å²) in [5, 5.41) is 14.0. The summed E-state index contributed by atoms with van der Waals surface area (Å²) in [7, 11) is 1.34. The highest BCUT2D eigenvalue weighted by molar-refractivity contribution is 5.78. The Hall–Kier alpha value is -3.29.